The maximum atomic E-state index is 12.3. The molecule has 178 valence electrons. The van der Waals surface area contributed by atoms with E-state index in [0.717, 1.165) is 56.0 Å². The summed E-state index contributed by atoms with van der Waals surface area (Å²) in [7, 11) is 1.75. The number of amides is 3. The molecule has 0 atom stereocenters. The first-order valence-corrected chi connectivity index (χ1v) is 11.1. The smallest absolute Gasteiger partial charge is 0.409 e. The summed E-state index contributed by atoms with van der Waals surface area (Å²) < 4.78 is 5.07. The molecule has 1 aromatic rings. The number of carbonyl (C=O) groups is 2. The zero-order valence-corrected chi connectivity index (χ0v) is 21.3. The maximum absolute atomic E-state index is 12.3. The van der Waals surface area contributed by atoms with E-state index in [1.807, 2.05) is 36.1 Å². The molecule has 2 fully saturated rings. The van der Waals surface area contributed by atoms with Crippen molar-refractivity contribution in [1.29, 1.82) is 0 Å². The molecule has 3 N–H and O–H groups in total. The summed E-state index contributed by atoms with van der Waals surface area (Å²) in [5.74, 6) is 0.723. The van der Waals surface area contributed by atoms with Crippen LogP contribution in [0.2, 0.25) is 0 Å². The molecule has 0 aromatic heterocycles. The fourth-order valence-corrected chi connectivity index (χ4v) is 3.88. The number of rotatable bonds is 5. The SMILES string of the molecule is CCOC(=O)N1CCC(NC(=NC)NCc2cccc(NC(=O)N3CCCC3)c2)CC1.I. The molecular weight excluding hydrogens is 523 g/mol. The third kappa shape index (κ3) is 7.72. The highest BCUT2D eigenvalue weighted by Crippen LogP contribution is 2.15. The molecule has 10 heteroatoms. The average Bonchev–Trinajstić information content (AvgIpc) is 3.33. The Bertz CT molecular complexity index is 777. The van der Waals surface area contributed by atoms with Crippen LogP contribution in [-0.2, 0) is 11.3 Å². The Labute approximate surface area is 207 Å². The number of hydrogen-bond donors (Lipinski definition) is 3. The number of urea groups is 1. The fourth-order valence-electron chi connectivity index (χ4n) is 3.88. The molecule has 0 unspecified atom stereocenters. The van der Waals surface area contributed by atoms with E-state index in [4.69, 9.17) is 4.74 Å². The van der Waals surface area contributed by atoms with Gasteiger partial charge in [0.1, 0.15) is 0 Å². The molecule has 0 radical (unpaired) electrons. The van der Waals surface area contributed by atoms with Crippen molar-refractivity contribution in [1.82, 2.24) is 20.4 Å². The van der Waals surface area contributed by atoms with Crippen molar-refractivity contribution in [2.24, 2.45) is 4.99 Å². The summed E-state index contributed by atoms with van der Waals surface area (Å²) in [6.45, 7) is 5.81. The van der Waals surface area contributed by atoms with Crippen LogP contribution >= 0.6 is 24.0 Å². The minimum absolute atomic E-state index is 0. The molecule has 0 bridgehead atoms. The van der Waals surface area contributed by atoms with E-state index in [1.54, 1.807) is 11.9 Å². The highest BCUT2D eigenvalue weighted by atomic mass is 127. The average molecular weight is 558 g/mol. The quantitative estimate of drug-likeness (QED) is 0.293. The summed E-state index contributed by atoms with van der Waals surface area (Å²) in [6, 6.07) is 8.06. The summed E-state index contributed by atoms with van der Waals surface area (Å²) >= 11 is 0. The Morgan fingerprint density at radius 3 is 2.50 bits per heavy atom. The lowest BCUT2D eigenvalue weighted by Gasteiger charge is -2.32. The van der Waals surface area contributed by atoms with Gasteiger partial charge in [-0.15, -0.1) is 24.0 Å². The number of nitrogens with one attached hydrogen (secondary N) is 3. The molecule has 0 aliphatic carbocycles. The number of carbonyl (C=O) groups excluding carboxylic acids is 2. The van der Waals surface area contributed by atoms with Gasteiger partial charge >= 0.3 is 12.1 Å². The van der Waals surface area contributed by atoms with Crippen LogP contribution in [0.3, 0.4) is 0 Å². The van der Waals surface area contributed by atoms with Crippen LogP contribution in [0.1, 0.15) is 38.2 Å². The minimum Gasteiger partial charge on any atom is -0.450 e. The molecular formula is C22H35IN6O3. The number of nitrogens with zero attached hydrogens (tertiary/aromatic N) is 3. The van der Waals surface area contributed by atoms with E-state index in [0.29, 0.717) is 26.2 Å². The number of hydrogen-bond acceptors (Lipinski definition) is 4. The van der Waals surface area contributed by atoms with Crippen LogP contribution in [0, 0.1) is 0 Å². The monoisotopic (exact) mass is 558 g/mol. The lowest BCUT2D eigenvalue weighted by Crippen LogP contribution is -2.49. The van der Waals surface area contributed by atoms with Gasteiger partial charge in [-0.05, 0) is 50.3 Å². The lowest BCUT2D eigenvalue weighted by molar-refractivity contribution is 0.0963. The van der Waals surface area contributed by atoms with E-state index in [1.165, 1.54) is 0 Å². The van der Waals surface area contributed by atoms with Gasteiger partial charge in [0, 0.05) is 51.5 Å². The van der Waals surface area contributed by atoms with Crippen molar-refractivity contribution in [2.45, 2.75) is 45.2 Å². The van der Waals surface area contributed by atoms with Crippen molar-refractivity contribution >= 4 is 47.7 Å². The standard InChI is InChI=1S/C22H34N6O3.HI/c1-3-31-22(30)28-13-9-18(10-14-28)25-20(23-2)24-16-17-7-6-8-19(15-17)26-21(29)27-11-4-5-12-27;/h6-8,15,18H,3-5,9-14,16H2,1-2H3,(H,26,29)(H2,23,24,25);1H. The van der Waals surface area contributed by atoms with Crippen molar-refractivity contribution < 1.29 is 14.3 Å². The first-order valence-electron chi connectivity index (χ1n) is 11.1. The number of guanidine groups is 1. The van der Waals surface area contributed by atoms with Gasteiger partial charge in [-0.2, -0.15) is 0 Å². The largest absolute Gasteiger partial charge is 0.450 e. The van der Waals surface area contributed by atoms with Crippen LogP contribution < -0.4 is 16.0 Å². The van der Waals surface area contributed by atoms with Crippen LogP contribution in [-0.4, -0.2) is 73.8 Å². The van der Waals surface area contributed by atoms with E-state index in [2.05, 4.69) is 20.9 Å². The maximum Gasteiger partial charge on any atom is 0.409 e. The van der Waals surface area contributed by atoms with E-state index < -0.39 is 0 Å². The molecule has 32 heavy (non-hydrogen) atoms. The number of piperidine rings is 1. The van der Waals surface area contributed by atoms with Crippen molar-refractivity contribution in [3.05, 3.63) is 29.8 Å². The third-order valence-electron chi connectivity index (χ3n) is 5.62. The van der Waals surface area contributed by atoms with Crippen molar-refractivity contribution in [3.8, 4) is 0 Å². The zero-order valence-electron chi connectivity index (χ0n) is 18.9. The summed E-state index contributed by atoms with van der Waals surface area (Å²) in [5.41, 5.74) is 1.85. The number of anilines is 1. The predicted octanol–water partition coefficient (Wildman–Crippen LogP) is 3.22. The van der Waals surface area contributed by atoms with Gasteiger partial charge in [-0.25, -0.2) is 9.59 Å². The Kier molecular flexibility index (Phi) is 10.8. The van der Waals surface area contributed by atoms with Crippen LogP contribution in [0.4, 0.5) is 15.3 Å². The third-order valence-corrected chi connectivity index (χ3v) is 5.62. The van der Waals surface area contributed by atoms with E-state index >= 15 is 0 Å². The highest BCUT2D eigenvalue weighted by molar-refractivity contribution is 14.0. The number of aliphatic imine (C=N–C) groups is 1. The van der Waals surface area contributed by atoms with Crippen LogP contribution in [0.5, 0.6) is 0 Å². The molecule has 1 aromatic carbocycles. The highest BCUT2D eigenvalue weighted by Gasteiger charge is 2.24. The zero-order chi connectivity index (χ0) is 22.1. The predicted molar refractivity (Wildman–Crippen MR) is 137 cm³/mol. The Morgan fingerprint density at radius 2 is 1.84 bits per heavy atom. The number of benzene rings is 1. The minimum atomic E-state index is -0.236. The molecule has 3 rings (SSSR count). The molecule has 2 heterocycles. The first kappa shape index (κ1) is 26.0. The summed E-state index contributed by atoms with van der Waals surface area (Å²) in [6.07, 6.45) is 3.60. The molecule has 0 spiro atoms. The van der Waals surface area contributed by atoms with Gasteiger partial charge in [-0.1, -0.05) is 12.1 Å². The normalized spacial score (nSPS) is 16.9. The second-order valence-electron chi connectivity index (χ2n) is 7.86. The molecule has 2 aliphatic rings. The second kappa shape index (κ2) is 13.3. The van der Waals surface area contributed by atoms with Gasteiger partial charge < -0.3 is 30.5 Å². The Morgan fingerprint density at radius 1 is 1.12 bits per heavy atom. The van der Waals surface area contributed by atoms with Gasteiger partial charge in [0.05, 0.1) is 6.61 Å². The first-order chi connectivity index (χ1) is 15.1. The molecule has 2 aliphatic heterocycles. The number of likely N-dealkylation sites (tertiary alicyclic amines) is 2. The van der Waals surface area contributed by atoms with Gasteiger partial charge in [0.2, 0.25) is 0 Å². The molecule has 9 nitrogen and oxygen atoms in total. The van der Waals surface area contributed by atoms with Crippen LogP contribution in [0.25, 0.3) is 0 Å². The molecule has 3 amide bonds. The fraction of sp³-hybridized carbons (Fsp3) is 0.591. The number of halogens is 1. The topological polar surface area (TPSA) is 98.3 Å². The van der Waals surface area contributed by atoms with E-state index in [9.17, 15) is 9.59 Å². The van der Waals surface area contributed by atoms with E-state index in [-0.39, 0.29) is 42.1 Å². The molecule has 0 saturated carbocycles. The van der Waals surface area contributed by atoms with Crippen molar-refractivity contribution in [2.75, 3.05) is 45.2 Å². The summed E-state index contributed by atoms with van der Waals surface area (Å²) in [5, 5.41) is 9.75. The van der Waals surface area contributed by atoms with Gasteiger partial charge in [0.15, 0.2) is 5.96 Å². The van der Waals surface area contributed by atoms with Gasteiger partial charge in [0.25, 0.3) is 0 Å². The lowest BCUT2D eigenvalue weighted by atomic mass is 10.1. The second-order valence-corrected chi connectivity index (χ2v) is 7.86. The Hall–Kier alpha value is -2.24. The van der Waals surface area contributed by atoms with Crippen molar-refractivity contribution in [3.63, 3.8) is 0 Å². The van der Waals surface area contributed by atoms with Gasteiger partial charge in [-0.3, -0.25) is 4.99 Å². The summed E-state index contributed by atoms with van der Waals surface area (Å²) in [4.78, 5) is 32.0. The Balaban J connectivity index is 0.00000363. The molecule has 2 saturated heterocycles. The van der Waals surface area contributed by atoms with Crippen LogP contribution in [0.15, 0.2) is 29.3 Å². The number of ether oxygens (including phenoxy) is 1.